The lowest BCUT2D eigenvalue weighted by Gasteiger charge is -2.08. The highest BCUT2D eigenvalue weighted by atomic mass is 35.5. The Morgan fingerprint density at radius 2 is 1.67 bits per heavy atom. The molecule has 0 heterocycles. The summed E-state index contributed by atoms with van der Waals surface area (Å²) in [6.45, 7) is 1.79. The predicted molar refractivity (Wildman–Crippen MR) is 123 cm³/mol. The van der Waals surface area contributed by atoms with Gasteiger partial charge in [-0.15, -0.1) is 11.8 Å². The molecule has 0 aliphatic carbocycles. The second-order valence-corrected chi connectivity index (χ2v) is 7.86. The molecule has 0 saturated carbocycles. The molecule has 0 bridgehead atoms. The first kappa shape index (κ1) is 21.6. The number of rotatable bonds is 7. The Bertz CT molecular complexity index is 1070. The van der Waals surface area contributed by atoms with E-state index in [2.05, 4.69) is 15.8 Å². The number of benzene rings is 3. The molecule has 5 nitrogen and oxygen atoms in total. The second kappa shape index (κ2) is 10.6. The standard InChI is InChI=1S/C23H20ClN3O2S/c1-16(26-27-22(28)15-30-21-11-3-2-4-12-21)17-7-6-10-20(14-17)25-23(29)18-8-5-9-19(24)13-18/h2-14H,15H2,1H3,(H,25,29)(H,27,28)/b26-16-. The molecule has 3 aromatic rings. The molecule has 0 aliphatic heterocycles. The van der Waals surface area contributed by atoms with Gasteiger partial charge in [0.05, 0.1) is 11.5 Å². The summed E-state index contributed by atoms with van der Waals surface area (Å²) in [6.07, 6.45) is 0. The van der Waals surface area contributed by atoms with Crippen molar-refractivity contribution in [2.75, 3.05) is 11.1 Å². The lowest BCUT2D eigenvalue weighted by molar-refractivity contribution is -0.118. The van der Waals surface area contributed by atoms with Crippen LogP contribution in [0.15, 0.2) is 88.9 Å². The lowest BCUT2D eigenvalue weighted by Crippen LogP contribution is -2.21. The summed E-state index contributed by atoms with van der Waals surface area (Å²) < 4.78 is 0. The number of thioether (sulfide) groups is 1. The van der Waals surface area contributed by atoms with Crippen LogP contribution < -0.4 is 10.7 Å². The summed E-state index contributed by atoms with van der Waals surface area (Å²) in [6, 6.07) is 23.7. The maximum absolute atomic E-state index is 12.4. The van der Waals surface area contributed by atoms with Crippen molar-refractivity contribution in [3.05, 3.63) is 95.0 Å². The maximum atomic E-state index is 12.4. The van der Waals surface area contributed by atoms with Gasteiger partial charge in [0, 0.05) is 21.2 Å². The summed E-state index contributed by atoms with van der Waals surface area (Å²) >= 11 is 7.39. The van der Waals surface area contributed by atoms with Gasteiger partial charge in [-0.05, 0) is 55.0 Å². The van der Waals surface area contributed by atoms with Crippen molar-refractivity contribution in [1.82, 2.24) is 5.43 Å². The third-order valence-corrected chi connectivity index (χ3v) is 5.33. The van der Waals surface area contributed by atoms with Crippen molar-refractivity contribution in [3.8, 4) is 0 Å². The molecular formula is C23H20ClN3O2S. The van der Waals surface area contributed by atoms with Crippen LogP contribution in [0.2, 0.25) is 5.02 Å². The number of hydrazone groups is 1. The van der Waals surface area contributed by atoms with Crippen LogP contribution in [-0.2, 0) is 4.79 Å². The van der Waals surface area contributed by atoms with Crippen molar-refractivity contribution in [2.24, 2.45) is 5.10 Å². The van der Waals surface area contributed by atoms with E-state index in [4.69, 9.17) is 11.6 Å². The smallest absolute Gasteiger partial charge is 0.255 e. The number of hydrogen-bond donors (Lipinski definition) is 2. The number of carbonyl (C=O) groups is 2. The number of hydrogen-bond acceptors (Lipinski definition) is 4. The number of nitrogens with one attached hydrogen (secondary N) is 2. The van der Waals surface area contributed by atoms with E-state index in [-0.39, 0.29) is 17.6 Å². The van der Waals surface area contributed by atoms with Crippen molar-refractivity contribution in [3.63, 3.8) is 0 Å². The zero-order valence-electron chi connectivity index (χ0n) is 16.3. The lowest BCUT2D eigenvalue weighted by atomic mass is 10.1. The van der Waals surface area contributed by atoms with Gasteiger partial charge in [-0.3, -0.25) is 9.59 Å². The van der Waals surface area contributed by atoms with Crippen molar-refractivity contribution < 1.29 is 9.59 Å². The van der Waals surface area contributed by atoms with Gasteiger partial charge in [0.1, 0.15) is 0 Å². The van der Waals surface area contributed by atoms with Crippen molar-refractivity contribution >= 4 is 46.6 Å². The minimum atomic E-state index is -0.254. The number of anilines is 1. The van der Waals surface area contributed by atoms with Gasteiger partial charge in [-0.25, -0.2) is 5.43 Å². The molecule has 7 heteroatoms. The average molecular weight is 438 g/mol. The fourth-order valence-electron chi connectivity index (χ4n) is 2.56. The summed E-state index contributed by atoms with van der Waals surface area (Å²) in [5, 5.41) is 7.51. The molecule has 0 atom stereocenters. The molecule has 2 amide bonds. The molecule has 0 unspecified atom stereocenters. The Hall–Kier alpha value is -3.09. The van der Waals surface area contributed by atoms with E-state index in [1.54, 1.807) is 43.3 Å². The highest BCUT2D eigenvalue weighted by Crippen LogP contribution is 2.17. The van der Waals surface area contributed by atoms with Crippen LogP contribution >= 0.6 is 23.4 Å². The molecule has 0 saturated heterocycles. The minimum absolute atomic E-state index is 0.186. The highest BCUT2D eigenvalue weighted by molar-refractivity contribution is 8.00. The van der Waals surface area contributed by atoms with Crippen LogP contribution in [0, 0.1) is 0 Å². The highest BCUT2D eigenvalue weighted by Gasteiger charge is 2.08. The Labute approximate surface area is 184 Å². The Kier molecular flexibility index (Phi) is 7.65. The monoisotopic (exact) mass is 437 g/mol. The molecule has 0 spiro atoms. The zero-order valence-corrected chi connectivity index (χ0v) is 17.8. The minimum Gasteiger partial charge on any atom is -0.322 e. The van der Waals surface area contributed by atoms with Gasteiger partial charge in [0.25, 0.3) is 5.91 Å². The van der Waals surface area contributed by atoms with E-state index in [0.717, 1.165) is 10.5 Å². The number of amides is 2. The van der Waals surface area contributed by atoms with Crippen LogP contribution in [0.3, 0.4) is 0 Å². The predicted octanol–water partition coefficient (Wildman–Crippen LogP) is 5.22. The summed E-state index contributed by atoms with van der Waals surface area (Å²) in [7, 11) is 0. The third kappa shape index (κ3) is 6.47. The summed E-state index contributed by atoms with van der Waals surface area (Å²) in [5.74, 6) is -0.166. The van der Waals surface area contributed by atoms with Crippen LogP contribution in [0.4, 0.5) is 5.69 Å². The van der Waals surface area contributed by atoms with Crippen LogP contribution in [-0.4, -0.2) is 23.3 Å². The summed E-state index contributed by atoms with van der Waals surface area (Å²) in [5.41, 5.74) is 5.08. The average Bonchev–Trinajstić information content (AvgIpc) is 2.77. The molecule has 152 valence electrons. The number of halogens is 1. The Morgan fingerprint density at radius 3 is 2.43 bits per heavy atom. The topological polar surface area (TPSA) is 70.6 Å². The van der Waals surface area contributed by atoms with Crippen LogP contribution in [0.5, 0.6) is 0 Å². The maximum Gasteiger partial charge on any atom is 0.255 e. The van der Waals surface area contributed by atoms with E-state index in [0.29, 0.717) is 22.0 Å². The molecular weight excluding hydrogens is 418 g/mol. The second-order valence-electron chi connectivity index (χ2n) is 6.38. The fourth-order valence-corrected chi connectivity index (χ4v) is 3.47. The molecule has 0 aliphatic rings. The molecule has 2 N–H and O–H groups in total. The van der Waals surface area contributed by atoms with Gasteiger partial charge in [-0.2, -0.15) is 5.10 Å². The zero-order chi connectivity index (χ0) is 21.3. The molecule has 0 fully saturated rings. The van der Waals surface area contributed by atoms with Crippen LogP contribution in [0.25, 0.3) is 0 Å². The fraction of sp³-hybridized carbons (Fsp3) is 0.0870. The largest absolute Gasteiger partial charge is 0.322 e. The SMILES string of the molecule is C/C(=N/NC(=O)CSc1ccccc1)c1cccc(NC(=O)c2cccc(Cl)c2)c1. The Balaban J connectivity index is 1.58. The van der Waals surface area contributed by atoms with Gasteiger partial charge in [-0.1, -0.05) is 48.0 Å². The van der Waals surface area contributed by atoms with E-state index in [9.17, 15) is 9.59 Å². The summed E-state index contributed by atoms with van der Waals surface area (Å²) in [4.78, 5) is 25.5. The van der Waals surface area contributed by atoms with Crippen molar-refractivity contribution in [1.29, 1.82) is 0 Å². The number of carbonyl (C=O) groups excluding carboxylic acids is 2. The molecule has 3 aromatic carbocycles. The number of nitrogens with zero attached hydrogens (tertiary/aromatic N) is 1. The first-order valence-electron chi connectivity index (χ1n) is 9.19. The normalized spacial score (nSPS) is 11.1. The van der Waals surface area contributed by atoms with Gasteiger partial charge in [0.2, 0.25) is 5.91 Å². The molecule has 0 aromatic heterocycles. The Morgan fingerprint density at radius 1 is 0.933 bits per heavy atom. The van der Waals surface area contributed by atoms with Crippen molar-refractivity contribution in [2.45, 2.75) is 11.8 Å². The third-order valence-electron chi connectivity index (χ3n) is 4.09. The van der Waals surface area contributed by atoms with Gasteiger partial charge < -0.3 is 5.32 Å². The molecule has 30 heavy (non-hydrogen) atoms. The quantitative estimate of drug-likeness (QED) is 0.302. The van der Waals surface area contributed by atoms with Gasteiger partial charge in [0.15, 0.2) is 0 Å². The van der Waals surface area contributed by atoms with E-state index in [1.165, 1.54) is 11.8 Å². The molecule has 0 radical (unpaired) electrons. The first-order chi connectivity index (χ1) is 14.5. The van der Waals surface area contributed by atoms with Crippen LogP contribution in [0.1, 0.15) is 22.8 Å². The van der Waals surface area contributed by atoms with E-state index >= 15 is 0 Å². The van der Waals surface area contributed by atoms with E-state index < -0.39 is 0 Å². The first-order valence-corrected chi connectivity index (χ1v) is 10.6. The van der Waals surface area contributed by atoms with Gasteiger partial charge >= 0.3 is 0 Å². The molecule has 3 rings (SSSR count). The van der Waals surface area contributed by atoms with E-state index in [1.807, 2.05) is 42.5 Å².